The van der Waals surface area contributed by atoms with Crippen molar-refractivity contribution in [3.05, 3.63) is 0 Å². The van der Waals surface area contributed by atoms with E-state index >= 15 is 0 Å². The van der Waals surface area contributed by atoms with Crippen LogP contribution in [0.1, 0.15) is 0 Å². The van der Waals surface area contributed by atoms with Gasteiger partial charge in [0.05, 0.1) is 0 Å². The van der Waals surface area contributed by atoms with E-state index in [2.05, 4.69) is 3.94 Å². The Morgan fingerprint density at radius 3 is 1.50 bits per heavy atom. The van der Waals surface area contributed by atoms with Gasteiger partial charge in [-0.2, -0.15) is 0 Å². The third kappa shape index (κ3) is 16.1. The Morgan fingerprint density at radius 1 is 1.38 bits per heavy atom. The summed E-state index contributed by atoms with van der Waals surface area (Å²) in [7, 11) is 0. The third-order valence-electron chi connectivity index (χ3n) is 0.0942. The minimum absolute atomic E-state index is 0. The van der Waals surface area contributed by atoms with Gasteiger partial charge in [0, 0.05) is 17.1 Å². The second-order valence-electron chi connectivity index (χ2n) is 0.502. The molecule has 0 saturated carbocycles. The molecule has 0 aliphatic heterocycles. The molecule has 0 aliphatic rings. The molecule has 0 spiro atoms. The molecule has 0 atom stereocenters. The number of rotatable bonds is 1. The maximum absolute atomic E-state index is 9.16. The fraction of sp³-hybridized carbons (Fsp3) is 0. The number of hydrogen-bond acceptors (Lipinski definition) is 5. The van der Waals surface area contributed by atoms with Crippen LogP contribution in [-0.4, -0.2) is 9.42 Å². The van der Waals surface area contributed by atoms with Gasteiger partial charge in [-0.05, 0) is 0 Å². The summed E-state index contributed by atoms with van der Waals surface area (Å²) < 4.78 is 28.2. The van der Waals surface area contributed by atoms with Crippen LogP contribution in [0, 0.1) is 0 Å². The predicted molar refractivity (Wildman–Crippen MR) is 12.3 cm³/mol. The number of hydrogen-bond donors (Lipinski definition) is 3. The first-order chi connectivity index (χ1) is 2.56. The molecule has 1 radical (unpaired) electrons. The fourth-order valence-corrected chi connectivity index (χ4v) is 0. The summed E-state index contributed by atoms with van der Waals surface area (Å²) in [4.78, 5) is 0. The second-order valence-corrected chi connectivity index (χ2v) is 2.07. The summed E-state index contributed by atoms with van der Waals surface area (Å²) >= 11 is -5.22. The average Bonchev–Trinajstić information content (AvgIpc) is 1.35. The van der Waals surface area contributed by atoms with Gasteiger partial charge in [-0.1, -0.05) is 0 Å². The first kappa shape index (κ1) is 15.8. The molecule has 0 saturated heterocycles. The topological polar surface area (TPSA) is 119 Å². The first-order valence-electron chi connectivity index (χ1n) is 0.865. The standard InChI is InChI=1S/Cr.Cu.H3N.H2O2.H2O.2O/c;;;1-2;;;/h;;1H3;1-2H;1H2;;/q+2;;;;;;/p-2. The fourth-order valence-electron chi connectivity index (χ4n) is 0. The molecule has 0 amide bonds. The van der Waals surface area contributed by atoms with Crippen molar-refractivity contribution in [2.24, 2.45) is 0 Å². The Kier molecular flexibility index (Phi) is 11.1. The van der Waals surface area contributed by atoms with Gasteiger partial charge in [0.1, 0.15) is 0 Å². The zero-order chi connectivity index (χ0) is 5.21. The van der Waals surface area contributed by atoms with E-state index < -0.39 is 13.6 Å². The van der Waals surface area contributed by atoms with Crippen molar-refractivity contribution in [3.8, 4) is 0 Å². The Hall–Kier alpha value is 0.492. The van der Waals surface area contributed by atoms with Crippen molar-refractivity contribution in [2.75, 3.05) is 0 Å². The summed E-state index contributed by atoms with van der Waals surface area (Å²) in [6.07, 6.45) is 0. The van der Waals surface area contributed by atoms with Crippen molar-refractivity contribution in [2.45, 2.75) is 0 Å². The molecular weight excluding hydrogens is 210 g/mol. The molecule has 0 fully saturated rings. The van der Waals surface area contributed by atoms with Crippen LogP contribution in [0.5, 0.6) is 0 Å². The van der Waals surface area contributed by atoms with Crippen molar-refractivity contribution in [1.29, 1.82) is 0 Å². The van der Waals surface area contributed by atoms with E-state index in [0.717, 1.165) is 0 Å². The minimum atomic E-state index is -5.22. The van der Waals surface area contributed by atoms with E-state index in [9.17, 15) is 0 Å². The van der Waals surface area contributed by atoms with E-state index in [-0.39, 0.29) is 23.2 Å². The SMILES string of the molecule is N.[Cu].[O]=[Cr](=[O])([OH])[O]O. The molecule has 0 aromatic heterocycles. The van der Waals surface area contributed by atoms with Gasteiger partial charge in [-0.15, -0.1) is 0 Å². The van der Waals surface area contributed by atoms with Crippen LogP contribution in [0.3, 0.4) is 0 Å². The molecule has 8 heavy (non-hydrogen) atoms. The zero-order valence-electron chi connectivity index (χ0n) is 3.54. The molecule has 8 heteroatoms. The molecule has 0 aliphatic carbocycles. The van der Waals surface area contributed by atoms with Crippen LogP contribution in [-0.2, 0) is 42.2 Å². The van der Waals surface area contributed by atoms with Gasteiger partial charge in [-0.3, -0.25) is 0 Å². The van der Waals surface area contributed by atoms with Gasteiger partial charge in [0.25, 0.3) is 0 Å². The van der Waals surface area contributed by atoms with E-state index in [1.807, 2.05) is 0 Å². The summed E-state index contributed by atoms with van der Waals surface area (Å²) in [5.41, 5.74) is 0. The monoisotopic (exact) mass is 214 g/mol. The Balaban J connectivity index is -0.000000125. The molecule has 6 nitrogen and oxygen atoms in total. The van der Waals surface area contributed by atoms with E-state index in [1.54, 1.807) is 0 Å². The third-order valence-corrected chi connectivity index (χ3v) is 0.388. The second kappa shape index (κ2) is 5.63. The van der Waals surface area contributed by atoms with Gasteiger partial charge < -0.3 is 6.15 Å². The molecular formula is H5CrCuNO5. The molecule has 0 aromatic carbocycles. The Morgan fingerprint density at radius 2 is 1.50 bits per heavy atom. The van der Waals surface area contributed by atoms with E-state index in [1.165, 1.54) is 0 Å². The van der Waals surface area contributed by atoms with Crippen molar-refractivity contribution >= 4 is 0 Å². The van der Waals surface area contributed by atoms with Crippen LogP contribution in [0.2, 0.25) is 0 Å². The molecule has 0 bridgehead atoms. The average molecular weight is 215 g/mol. The van der Waals surface area contributed by atoms with Gasteiger partial charge >= 0.3 is 34.6 Å². The Bertz CT molecular complexity index is 114. The quantitative estimate of drug-likeness (QED) is 0.302. The van der Waals surface area contributed by atoms with Crippen molar-refractivity contribution < 1.29 is 51.6 Å². The first-order valence-corrected chi connectivity index (χ1v) is 3.00. The summed E-state index contributed by atoms with van der Waals surface area (Å²) in [6, 6.07) is 0. The predicted octanol–water partition coefficient (Wildman–Crippen LogP) is -0.697. The molecule has 0 unspecified atom stereocenters. The van der Waals surface area contributed by atoms with Crippen molar-refractivity contribution in [1.82, 2.24) is 6.15 Å². The molecule has 57 valence electrons. The zero-order valence-corrected chi connectivity index (χ0v) is 5.75. The van der Waals surface area contributed by atoms with Gasteiger partial charge in [0.15, 0.2) is 0 Å². The summed E-state index contributed by atoms with van der Waals surface area (Å²) in [5.74, 6) is 0. The molecule has 0 aromatic rings. The molecule has 0 heterocycles. The van der Waals surface area contributed by atoms with Gasteiger partial charge in [0.2, 0.25) is 0 Å². The van der Waals surface area contributed by atoms with Crippen LogP contribution in [0.25, 0.3) is 0 Å². The Labute approximate surface area is 58.2 Å². The van der Waals surface area contributed by atoms with Crippen molar-refractivity contribution in [3.63, 3.8) is 0 Å². The van der Waals surface area contributed by atoms with Crippen LogP contribution in [0.4, 0.5) is 0 Å². The van der Waals surface area contributed by atoms with Gasteiger partial charge in [-0.25, -0.2) is 0 Å². The molecule has 0 rings (SSSR count). The molecule has 5 N–H and O–H groups in total. The maximum atomic E-state index is 9.16. The van der Waals surface area contributed by atoms with Crippen LogP contribution >= 0.6 is 0 Å². The summed E-state index contributed by atoms with van der Waals surface area (Å²) in [5, 5.41) is 7.10. The van der Waals surface area contributed by atoms with Crippen LogP contribution in [0.15, 0.2) is 0 Å². The normalized spacial score (nSPS) is 8.75. The van der Waals surface area contributed by atoms with E-state index in [0.29, 0.717) is 0 Å². The van der Waals surface area contributed by atoms with E-state index in [4.69, 9.17) is 17.0 Å². The summed E-state index contributed by atoms with van der Waals surface area (Å²) in [6.45, 7) is 0. The van der Waals surface area contributed by atoms with Crippen LogP contribution < -0.4 is 6.15 Å².